The predicted molar refractivity (Wildman–Crippen MR) is 144 cm³/mol. The van der Waals surface area contributed by atoms with E-state index in [0.29, 0.717) is 6.42 Å². The maximum atomic E-state index is 14.1. The summed E-state index contributed by atoms with van der Waals surface area (Å²) in [6.07, 6.45) is 6.27. The molecule has 1 aliphatic rings. The lowest BCUT2D eigenvalue weighted by Crippen LogP contribution is -2.39. The highest BCUT2D eigenvalue weighted by Crippen LogP contribution is 2.50. The molecule has 1 N–H and O–H groups in total. The highest BCUT2D eigenvalue weighted by Gasteiger charge is 2.56. The zero-order chi connectivity index (χ0) is 25.6. The standard InChI is InChI=1S/C28H39NO4S2/c1-5-7-8-9-10-19-34-27-24(6-2)29(35(32,33)23-17-13-21(4)14-18-23)26(25(27)28(30)31)22-15-11-20(3)12-16-22/h11-18,24-27H,5-10,19H2,1-4H3,(H,30,31)/t24-,25+,26+,27-/m1/s1. The molecular weight excluding hydrogens is 478 g/mol. The van der Waals surface area contributed by atoms with E-state index in [4.69, 9.17) is 0 Å². The van der Waals surface area contributed by atoms with Gasteiger partial charge in [-0.25, -0.2) is 8.42 Å². The maximum absolute atomic E-state index is 14.1. The molecule has 192 valence electrons. The number of carboxylic acids is 1. The second-order valence-corrected chi connectivity index (χ2v) is 12.7. The minimum atomic E-state index is -3.91. The normalized spacial score (nSPS) is 23.0. The Morgan fingerprint density at radius 2 is 1.49 bits per heavy atom. The van der Waals surface area contributed by atoms with Crippen LogP contribution in [0.5, 0.6) is 0 Å². The number of benzene rings is 2. The van der Waals surface area contributed by atoms with E-state index < -0.39 is 34.0 Å². The SMILES string of the molecule is CCCCCCCS[C@H]1[C@@H](C(=O)O)[C@H](c2ccc(C)cc2)N(S(=O)(=O)c2ccc(C)cc2)[C@@H]1CC. The van der Waals surface area contributed by atoms with E-state index in [1.165, 1.54) is 23.6 Å². The molecular formula is C28H39NO4S2. The monoisotopic (exact) mass is 517 g/mol. The molecule has 1 aliphatic heterocycles. The van der Waals surface area contributed by atoms with Crippen LogP contribution in [0.25, 0.3) is 0 Å². The fraction of sp³-hybridized carbons (Fsp3) is 0.536. The van der Waals surface area contributed by atoms with Gasteiger partial charge in [0.05, 0.1) is 16.9 Å². The zero-order valence-electron chi connectivity index (χ0n) is 21.3. The molecule has 2 aromatic carbocycles. The Kier molecular flexibility index (Phi) is 9.85. The fourth-order valence-corrected chi connectivity index (χ4v) is 8.68. The molecule has 0 aromatic heterocycles. The molecule has 0 radical (unpaired) electrons. The molecule has 2 aromatic rings. The summed E-state index contributed by atoms with van der Waals surface area (Å²) in [6.45, 7) is 8.04. The molecule has 0 saturated carbocycles. The smallest absolute Gasteiger partial charge is 0.309 e. The second kappa shape index (κ2) is 12.4. The molecule has 0 spiro atoms. The summed E-state index contributed by atoms with van der Waals surface area (Å²) >= 11 is 1.64. The number of thioether (sulfide) groups is 1. The topological polar surface area (TPSA) is 74.7 Å². The third-order valence-corrected chi connectivity index (χ3v) is 10.4. The summed E-state index contributed by atoms with van der Waals surface area (Å²) in [6, 6.07) is 13.3. The number of nitrogens with zero attached hydrogens (tertiary/aromatic N) is 1. The average Bonchev–Trinajstić information content (AvgIpc) is 3.17. The summed E-state index contributed by atoms with van der Waals surface area (Å²) < 4.78 is 29.6. The van der Waals surface area contributed by atoms with Gasteiger partial charge in [-0.15, -0.1) is 0 Å². The predicted octanol–water partition coefficient (Wildman–Crippen LogP) is 6.60. The highest BCUT2D eigenvalue weighted by atomic mass is 32.2. The average molecular weight is 518 g/mol. The molecule has 1 heterocycles. The third-order valence-electron chi connectivity index (χ3n) is 6.95. The van der Waals surface area contributed by atoms with Crippen LogP contribution >= 0.6 is 11.8 Å². The molecule has 1 fully saturated rings. The molecule has 35 heavy (non-hydrogen) atoms. The van der Waals surface area contributed by atoms with Crippen LogP contribution < -0.4 is 0 Å². The van der Waals surface area contributed by atoms with Crippen molar-refractivity contribution >= 4 is 27.8 Å². The first kappa shape index (κ1) is 27.8. The van der Waals surface area contributed by atoms with Crippen molar-refractivity contribution in [1.82, 2.24) is 4.31 Å². The first-order chi connectivity index (χ1) is 16.7. The Labute approximate surface area is 215 Å². The number of hydrogen-bond acceptors (Lipinski definition) is 4. The Hall–Kier alpha value is -1.83. The van der Waals surface area contributed by atoms with Crippen molar-refractivity contribution in [2.75, 3.05) is 5.75 Å². The molecule has 1 saturated heterocycles. The van der Waals surface area contributed by atoms with E-state index >= 15 is 0 Å². The summed E-state index contributed by atoms with van der Waals surface area (Å²) in [5, 5.41) is 10.1. The number of carbonyl (C=O) groups is 1. The van der Waals surface area contributed by atoms with Crippen LogP contribution in [0.15, 0.2) is 53.4 Å². The quantitative estimate of drug-likeness (QED) is 0.321. The Morgan fingerprint density at radius 1 is 0.914 bits per heavy atom. The molecule has 0 amide bonds. The van der Waals surface area contributed by atoms with E-state index in [1.54, 1.807) is 36.0 Å². The lowest BCUT2D eigenvalue weighted by Gasteiger charge is -2.30. The number of aryl methyl sites for hydroxylation is 2. The zero-order valence-corrected chi connectivity index (χ0v) is 22.9. The number of unbranched alkanes of at least 4 members (excludes halogenated alkanes) is 4. The van der Waals surface area contributed by atoms with Gasteiger partial charge >= 0.3 is 5.97 Å². The van der Waals surface area contributed by atoms with E-state index in [0.717, 1.165) is 35.3 Å². The lowest BCUT2D eigenvalue weighted by atomic mass is 9.92. The van der Waals surface area contributed by atoms with Gasteiger partial charge in [-0.2, -0.15) is 16.1 Å². The number of carboxylic acid groups (broad SMARTS) is 1. The largest absolute Gasteiger partial charge is 0.481 e. The van der Waals surface area contributed by atoms with Crippen molar-refractivity contribution in [3.8, 4) is 0 Å². The molecule has 5 nitrogen and oxygen atoms in total. The van der Waals surface area contributed by atoms with E-state index in [2.05, 4.69) is 6.92 Å². The molecule has 0 unspecified atom stereocenters. The molecule has 4 atom stereocenters. The Morgan fingerprint density at radius 3 is 2.03 bits per heavy atom. The number of rotatable bonds is 12. The highest BCUT2D eigenvalue weighted by molar-refractivity contribution is 8.00. The summed E-state index contributed by atoms with van der Waals surface area (Å²) in [5.74, 6) is -0.907. The minimum absolute atomic E-state index is 0.216. The van der Waals surface area contributed by atoms with E-state index in [1.807, 2.05) is 45.0 Å². The number of aliphatic carboxylic acids is 1. The van der Waals surface area contributed by atoms with Crippen LogP contribution in [0.3, 0.4) is 0 Å². The van der Waals surface area contributed by atoms with Gasteiger partial charge in [0.15, 0.2) is 0 Å². The van der Waals surface area contributed by atoms with E-state index in [9.17, 15) is 18.3 Å². The van der Waals surface area contributed by atoms with Crippen molar-refractivity contribution in [1.29, 1.82) is 0 Å². The minimum Gasteiger partial charge on any atom is -0.481 e. The van der Waals surface area contributed by atoms with Gasteiger partial charge < -0.3 is 5.11 Å². The van der Waals surface area contributed by atoms with Gasteiger partial charge in [0.1, 0.15) is 0 Å². The number of sulfonamides is 1. The van der Waals surface area contributed by atoms with Crippen molar-refractivity contribution in [2.24, 2.45) is 5.92 Å². The van der Waals surface area contributed by atoms with Crippen LogP contribution in [0.4, 0.5) is 0 Å². The van der Waals surface area contributed by atoms with Crippen molar-refractivity contribution in [3.63, 3.8) is 0 Å². The van der Waals surface area contributed by atoms with Gasteiger partial charge in [0.25, 0.3) is 0 Å². The van der Waals surface area contributed by atoms with Gasteiger partial charge in [-0.05, 0) is 50.1 Å². The molecule has 0 bridgehead atoms. The van der Waals surface area contributed by atoms with Crippen LogP contribution in [0.1, 0.15) is 75.1 Å². The lowest BCUT2D eigenvalue weighted by molar-refractivity contribution is -0.142. The van der Waals surface area contributed by atoms with Crippen molar-refractivity contribution in [3.05, 3.63) is 65.2 Å². The first-order valence-electron chi connectivity index (χ1n) is 12.7. The van der Waals surface area contributed by atoms with Gasteiger partial charge in [0.2, 0.25) is 10.0 Å². The summed E-state index contributed by atoms with van der Waals surface area (Å²) in [7, 11) is -3.91. The van der Waals surface area contributed by atoms with Crippen molar-refractivity contribution < 1.29 is 18.3 Å². The fourth-order valence-electron chi connectivity index (χ4n) is 5.03. The van der Waals surface area contributed by atoms with Gasteiger partial charge in [-0.1, -0.05) is 87.1 Å². The van der Waals surface area contributed by atoms with Crippen LogP contribution in [0, 0.1) is 19.8 Å². The van der Waals surface area contributed by atoms with Crippen LogP contribution in [-0.2, 0) is 14.8 Å². The van der Waals surface area contributed by atoms with Crippen LogP contribution in [0.2, 0.25) is 0 Å². The Bertz CT molecular complexity index is 1070. The number of hydrogen-bond donors (Lipinski definition) is 1. The van der Waals surface area contributed by atoms with E-state index in [-0.39, 0.29) is 10.1 Å². The molecule has 3 rings (SSSR count). The maximum Gasteiger partial charge on any atom is 0.309 e. The first-order valence-corrected chi connectivity index (χ1v) is 15.2. The summed E-state index contributed by atoms with van der Waals surface area (Å²) in [5.41, 5.74) is 2.77. The molecule has 0 aliphatic carbocycles. The van der Waals surface area contributed by atoms with Crippen molar-refractivity contribution in [2.45, 2.75) is 88.4 Å². The van der Waals surface area contributed by atoms with Gasteiger partial charge in [-0.3, -0.25) is 4.79 Å². The molecule has 7 heteroatoms. The third kappa shape index (κ3) is 6.30. The second-order valence-electron chi connectivity index (χ2n) is 9.59. The van der Waals surface area contributed by atoms with Crippen LogP contribution in [-0.4, -0.2) is 40.8 Å². The summed E-state index contributed by atoms with van der Waals surface area (Å²) in [4.78, 5) is 12.9. The Balaban J connectivity index is 2.03. The van der Waals surface area contributed by atoms with Gasteiger partial charge in [0, 0.05) is 11.3 Å².